The van der Waals surface area contributed by atoms with Gasteiger partial charge in [0, 0.05) is 0 Å². The van der Waals surface area contributed by atoms with Crippen LogP contribution in [0.4, 0.5) is 17.6 Å². The Kier molecular flexibility index (Phi) is 2.49. The standard InChI is InChI=1S/C4H3ClF4/c1-2(6)3(5)4(7,8)9/h1H3/b3-2-. The summed E-state index contributed by atoms with van der Waals surface area (Å²) in [7, 11) is 0. The molecule has 0 radical (unpaired) electrons. The van der Waals surface area contributed by atoms with Crippen molar-refractivity contribution in [2.24, 2.45) is 0 Å². The van der Waals surface area contributed by atoms with Gasteiger partial charge in [-0.15, -0.1) is 0 Å². The van der Waals surface area contributed by atoms with Gasteiger partial charge in [0.2, 0.25) is 0 Å². The lowest BCUT2D eigenvalue weighted by atomic mass is 10.5. The highest BCUT2D eigenvalue weighted by atomic mass is 35.5. The van der Waals surface area contributed by atoms with Crippen molar-refractivity contribution in [1.29, 1.82) is 0 Å². The Labute approximate surface area is 54.1 Å². The van der Waals surface area contributed by atoms with E-state index in [1.807, 2.05) is 0 Å². The van der Waals surface area contributed by atoms with Crippen molar-refractivity contribution in [1.82, 2.24) is 0 Å². The van der Waals surface area contributed by atoms with Crippen molar-refractivity contribution in [3.63, 3.8) is 0 Å². The summed E-state index contributed by atoms with van der Waals surface area (Å²) in [5.41, 5.74) is 0. The molecule has 0 aliphatic rings. The highest BCUT2D eigenvalue weighted by molar-refractivity contribution is 6.30. The first-order chi connectivity index (χ1) is 3.85. The third-order valence-electron chi connectivity index (χ3n) is 0.551. The molecular formula is C4H3ClF4. The van der Waals surface area contributed by atoms with Crippen molar-refractivity contribution in [3.8, 4) is 0 Å². The maximum atomic E-state index is 11.6. The van der Waals surface area contributed by atoms with Gasteiger partial charge < -0.3 is 0 Å². The summed E-state index contributed by atoms with van der Waals surface area (Å²) in [6.07, 6.45) is -4.75. The molecule has 54 valence electrons. The fourth-order valence-corrected chi connectivity index (χ4v) is 0.195. The third kappa shape index (κ3) is 2.70. The number of alkyl halides is 3. The molecule has 0 rings (SSSR count). The van der Waals surface area contributed by atoms with Crippen LogP contribution in [-0.2, 0) is 0 Å². The minimum absolute atomic E-state index is 0.649. The summed E-state index contributed by atoms with van der Waals surface area (Å²) in [6, 6.07) is 0. The summed E-state index contributed by atoms with van der Waals surface area (Å²) < 4.78 is 45.4. The zero-order valence-electron chi connectivity index (χ0n) is 4.39. The number of hydrogen-bond donors (Lipinski definition) is 0. The molecule has 0 saturated carbocycles. The van der Waals surface area contributed by atoms with Crippen molar-refractivity contribution < 1.29 is 17.6 Å². The molecule has 0 heterocycles. The maximum absolute atomic E-state index is 11.6. The van der Waals surface area contributed by atoms with Gasteiger partial charge in [0.05, 0.1) is 0 Å². The summed E-state index contributed by atoms with van der Waals surface area (Å²) in [5.74, 6) is -1.41. The Bertz CT molecular complexity index is 130. The number of rotatable bonds is 0. The van der Waals surface area contributed by atoms with Crippen LogP contribution in [0.3, 0.4) is 0 Å². The van der Waals surface area contributed by atoms with E-state index in [2.05, 4.69) is 11.6 Å². The van der Waals surface area contributed by atoms with Crippen molar-refractivity contribution in [2.75, 3.05) is 0 Å². The van der Waals surface area contributed by atoms with Gasteiger partial charge in [0.25, 0.3) is 0 Å². The van der Waals surface area contributed by atoms with E-state index in [9.17, 15) is 17.6 Å². The number of hydrogen-bond acceptors (Lipinski definition) is 0. The quantitative estimate of drug-likeness (QED) is 0.481. The smallest absolute Gasteiger partial charge is 0.211 e. The molecule has 0 aliphatic heterocycles. The zero-order valence-corrected chi connectivity index (χ0v) is 5.15. The first-order valence-electron chi connectivity index (χ1n) is 1.94. The van der Waals surface area contributed by atoms with E-state index in [-0.39, 0.29) is 0 Å². The monoisotopic (exact) mass is 162 g/mol. The minimum Gasteiger partial charge on any atom is -0.211 e. The minimum atomic E-state index is -4.75. The average molecular weight is 163 g/mol. The highest BCUT2D eigenvalue weighted by Crippen LogP contribution is 2.31. The van der Waals surface area contributed by atoms with Gasteiger partial charge in [-0.1, -0.05) is 11.6 Å². The Morgan fingerprint density at radius 1 is 1.33 bits per heavy atom. The van der Waals surface area contributed by atoms with Gasteiger partial charge >= 0.3 is 6.18 Å². The van der Waals surface area contributed by atoms with E-state index in [1.54, 1.807) is 0 Å². The molecule has 0 aromatic rings. The predicted molar refractivity (Wildman–Crippen MR) is 25.7 cm³/mol. The molecule has 0 unspecified atom stereocenters. The van der Waals surface area contributed by atoms with Gasteiger partial charge in [-0.2, -0.15) is 13.2 Å². The van der Waals surface area contributed by atoms with Crippen LogP contribution in [0.2, 0.25) is 0 Å². The van der Waals surface area contributed by atoms with Gasteiger partial charge in [-0.05, 0) is 6.92 Å². The SMILES string of the molecule is C/C(F)=C(/Cl)C(F)(F)F. The second kappa shape index (κ2) is 2.56. The Balaban J connectivity index is 4.40. The summed E-state index contributed by atoms with van der Waals surface area (Å²) in [6.45, 7) is 0.649. The molecule has 5 heteroatoms. The van der Waals surface area contributed by atoms with Crippen molar-refractivity contribution >= 4 is 11.6 Å². The lowest BCUT2D eigenvalue weighted by Crippen LogP contribution is -2.07. The molecule has 0 atom stereocenters. The molecular weight excluding hydrogens is 159 g/mol. The molecule has 0 saturated heterocycles. The fourth-order valence-electron chi connectivity index (χ4n) is 0.195. The van der Waals surface area contributed by atoms with Crippen LogP contribution in [0, 0.1) is 0 Å². The van der Waals surface area contributed by atoms with E-state index < -0.39 is 17.0 Å². The molecule has 0 N–H and O–H groups in total. The van der Waals surface area contributed by atoms with Gasteiger partial charge in [-0.3, -0.25) is 0 Å². The molecule has 0 spiro atoms. The van der Waals surface area contributed by atoms with E-state index in [4.69, 9.17) is 0 Å². The predicted octanol–water partition coefficient (Wildman–Crippen LogP) is 2.99. The van der Waals surface area contributed by atoms with Gasteiger partial charge in [0.15, 0.2) is 5.03 Å². The lowest BCUT2D eigenvalue weighted by molar-refractivity contribution is -0.0861. The third-order valence-corrected chi connectivity index (χ3v) is 1.03. The van der Waals surface area contributed by atoms with Crippen LogP contribution in [0.5, 0.6) is 0 Å². The fraction of sp³-hybridized carbons (Fsp3) is 0.500. The number of allylic oxidation sites excluding steroid dienone is 2. The maximum Gasteiger partial charge on any atom is 0.429 e. The van der Waals surface area contributed by atoms with E-state index in [0.717, 1.165) is 0 Å². The van der Waals surface area contributed by atoms with Crippen LogP contribution >= 0.6 is 11.6 Å². The summed E-state index contributed by atoms with van der Waals surface area (Å²) in [4.78, 5) is 0. The normalized spacial score (nSPS) is 15.3. The molecule has 0 fully saturated rings. The van der Waals surface area contributed by atoms with Crippen LogP contribution < -0.4 is 0 Å². The lowest BCUT2D eigenvalue weighted by Gasteiger charge is -2.02. The molecule has 0 aliphatic carbocycles. The average Bonchev–Trinajstić information content (AvgIpc) is 1.62. The van der Waals surface area contributed by atoms with E-state index in [1.165, 1.54) is 0 Å². The molecule has 0 amide bonds. The zero-order chi connectivity index (χ0) is 7.65. The second-order valence-corrected chi connectivity index (χ2v) is 1.72. The van der Waals surface area contributed by atoms with Crippen molar-refractivity contribution in [2.45, 2.75) is 13.1 Å². The van der Waals surface area contributed by atoms with Crippen LogP contribution in [0.1, 0.15) is 6.92 Å². The largest absolute Gasteiger partial charge is 0.429 e. The van der Waals surface area contributed by atoms with Crippen LogP contribution in [0.15, 0.2) is 10.9 Å². The molecule has 0 nitrogen and oxygen atoms in total. The Hall–Kier alpha value is -0.250. The Morgan fingerprint density at radius 3 is 1.67 bits per heavy atom. The first-order valence-corrected chi connectivity index (χ1v) is 2.32. The van der Waals surface area contributed by atoms with Crippen LogP contribution in [0.25, 0.3) is 0 Å². The summed E-state index contributed by atoms with van der Waals surface area (Å²) in [5, 5.41) is -1.69. The topological polar surface area (TPSA) is 0 Å². The second-order valence-electron chi connectivity index (χ2n) is 1.35. The summed E-state index contributed by atoms with van der Waals surface area (Å²) >= 11 is 4.47. The highest BCUT2D eigenvalue weighted by Gasteiger charge is 2.34. The van der Waals surface area contributed by atoms with Crippen LogP contribution in [-0.4, -0.2) is 6.18 Å². The molecule has 0 bridgehead atoms. The Morgan fingerprint density at radius 2 is 1.67 bits per heavy atom. The number of halogens is 5. The van der Waals surface area contributed by atoms with Crippen molar-refractivity contribution in [3.05, 3.63) is 10.9 Å². The molecule has 0 aromatic carbocycles. The van der Waals surface area contributed by atoms with E-state index in [0.29, 0.717) is 6.92 Å². The molecule has 9 heavy (non-hydrogen) atoms. The van der Waals surface area contributed by atoms with E-state index >= 15 is 0 Å². The van der Waals surface area contributed by atoms with Gasteiger partial charge in [-0.25, -0.2) is 4.39 Å². The molecule has 0 aromatic heterocycles. The van der Waals surface area contributed by atoms with Gasteiger partial charge in [0.1, 0.15) is 5.83 Å². The first kappa shape index (κ1) is 8.75.